The molecule has 0 saturated carbocycles. The van der Waals surface area contributed by atoms with Crippen LogP contribution < -0.4 is 15.5 Å². The number of nitrogens with zero attached hydrogens (tertiary/aromatic N) is 1. The molecule has 1 aliphatic heterocycles. The summed E-state index contributed by atoms with van der Waals surface area (Å²) in [6, 6.07) is 8.74. The highest BCUT2D eigenvalue weighted by Crippen LogP contribution is 2.23. The molecule has 0 aromatic heterocycles. The molecule has 0 bridgehead atoms. The van der Waals surface area contributed by atoms with E-state index >= 15 is 0 Å². The molecule has 2 N–H and O–H groups in total. The van der Waals surface area contributed by atoms with Crippen LogP contribution in [-0.2, 0) is 0 Å². The van der Waals surface area contributed by atoms with Crippen LogP contribution in [-0.4, -0.2) is 25.7 Å². The second-order valence-electron chi connectivity index (χ2n) is 6.04. The minimum absolute atomic E-state index is 0.0711. The zero-order chi connectivity index (χ0) is 17.8. The lowest BCUT2D eigenvalue weighted by atomic mass is 10.1. The summed E-state index contributed by atoms with van der Waals surface area (Å²) in [5, 5.41) is 5.06. The van der Waals surface area contributed by atoms with Crippen molar-refractivity contribution in [3.05, 3.63) is 59.9 Å². The van der Waals surface area contributed by atoms with E-state index in [2.05, 4.69) is 15.5 Å². The van der Waals surface area contributed by atoms with Gasteiger partial charge in [-0.25, -0.2) is 18.0 Å². The van der Waals surface area contributed by atoms with Crippen molar-refractivity contribution < 1.29 is 18.0 Å². The quantitative estimate of drug-likeness (QED) is 0.883. The van der Waals surface area contributed by atoms with E-state index in [0.717, 1.165) is 31.3 Å². The first-order valence-electron chi connectivity index (χ1n) is 8.01. The van der Waals surface area contributed by atoms with Gasteiger partial charge in [-0.15, -0.1) is 0 Å². The lowest BCUT2D eigenvalue weighted by Gasteiger charge is -2.19. The molecule has 25 heavy (non-hydrogen) atoms. The molecule has 1 aliphatic rings. The zero-order valence-corrected chi connectivity index (χ0v) is 13.4. The number of amides is 2. The maximum absolute atomic E-state index is 13.5. The van der Waals surface area contributed by atoms with Crippen LogP contribution in [0.4, 0.5) is 29.3 Å². The second-order valence-corrected chi connectivity index (χ2v) is 6.04. The van der Waals surface area contributed by atoms with Crippen molar-refractivity contribution in [1.82, 2.24) is 5.32 Å². The van der Waals surface area contributed by atoms with Gasteiger partial charge in [0.2, 0.25) is 0 Å². The van der Waals surface area contributed by atoms with Crippen molar-refractivity contribution in [3.63, 3.8) is 0 Å². The van der Waals surface area contributed by atoms with Gasteiger partial charge in [0.1, 0.15) is 17.5 Å². The number of nitrogens with one attached hydrogen (secondary N) is 2. The molecule has 2 amide bonds. The Morgan fingerprint density at radius 2 is 1.80 bits per heavy atom. The highest BCUT2D eigenvalue weighted by molar-refractivity contribution is 5.89. The van der Waals surface area contributed by atoms with Crippen LogP contribution in [0.15, 0.2) is 42.5 Å². The summed E-state index contributed by atoms with van der Waals surface area (Å²) in [7, 11) is 0. The Labute approximate surface area is 143 Å². The number of rotatable bonds is 4. The Balaban J connectivity index is 1.47. The standard InChI is InChI=1S/C18H18F3N3O/c19-13-1-4-15(5-2-13)24-8-7-12(11-24)10-22-18(25)23-17-6-3-14(20)9-16(17)21/h1-6,9,12H,7-8,10-11H2,(H2,22,23,25)/t12-/m0/s1. The molecule has 0 unspecified atom stereocenters. The monoisotopic (exact) mass is 349 g/mol. The van der Waals surface area contributed by atoms with E-state index in [1.165, 1.54) is 18.2 Å². The summed E-state index contributed by atoms with van der Waals surface area (Å²) in [4.78, 5) is 14.0. The van der Waals surface area contributed by atoms with E-state index in [9.17, 15) is 18.0 Å². The number of hydrogen-bond donors (Lipinski definition) is 2. The maximum atomic E-state index is 13.5. The summed E-state index contributed by atoms with van der Waals surface area (Å²) < 4.78 is 39.3. The molecule has 0 aliphatic carbocycles. The molecular weight excluding hydrogens is 331 g/mol. The van der Waals surface area contributed by atoms with E-state index in [1.54, 1.807) is 12.1 Å². The number of carbonyl (C=O) groups is 1. The van der Waals surface area contributed by atoms with Crippen LogP contribution in [0.5, 0.6) is 0 Å². The first-order chi connectivity index (χ1) is 12.0. The molecule has 4 nitrogen and oxygen atoms in total. The van der Waals surface area contributed by atoms with Crippen molar-refractivity contribution >= 4 is 17.4 Å². The lowest BCUT2D eigenvalue weighted by molar-refractivity contribution is 0.250. The normalized spacial score (nSPS) is 16.8. The van der Waals surface area contributed by atoms with Crippen molar-refractivity contribution in [1.29, 1.82) is 0 Å². The Morgan fingerprint density at radius 3 is 2.52 bits per heavy atom. The molecular formula is C18H18F3N3O. The molecule has 1 heterocycles. The summed E-state index contributed by atoms with van der Waals surface area (Å²) in [5.74, 6) is -1.55. The average molecular weight is 349 g/mol. The van der Waals surface area contributed by atoms with E-state index < -0.39 is 17.7 Å². The maximum Gasteiger partial charge on any atom is 0.319 e. The predicted molar refractivity (Wildman–Crippen MR) is 90.1 cm³/mol. The van der Waals surface area contributed by atoms with Crippen molar-refractivity contribution in [2.24, 2.45) is 5.92 Å². The summed E-state index contributed by atoms with van der Waals surface area (Å²) in [5.41, 5.74) is 0.875. The molecule has 0 spiro atoms. The number of urea groups is 1. The number of hydrogen-bond acceptors (Lipinski definition) is 2. The van der Waals surface area contributed by atoms with Crippen molar-refractivity contribution in [2.45, 2.75) is 6.42 Å². The Bertz CT molecular complexity index is 752. The average Bonchev–Trinajstić information content (AvgIpc) is 3.05. The Hall–Kier alpha value is -2.70. The first-order valence-corrected chi connectivity index (χ1v) is 8.01. The number of anilines is 2. The van der Waals surface area contributed by atoms with Gasteiger partial charge in [-0.2, -0.15) is 0 Å². The van der Waals surface area contributed by atoms with E-state index in [4.69, 9.17) is 0 Å². The van der Waals surface area contributed by atoms with Gasteiger partial charge in [0.05, 0.1) is 5.69 Å². The highest BCUT2D eigenvalue weighted by atomic mass is 19.1. The van der Waals surface area contributed by atoms with E-state index in [0.29, 0.717) is 12.6 Å². The SMILES string of the molecule is O=C(NC[C@@H]1CCN(c2ccc(F)cc2)C1)Nc1ccc(F)cc1F. The lowest BCUT2D eigenvalue weighted by Crippen LogP contribution is -2.34. The van der Waals surface area contributed by atoms with Gasteiger partial charge >= 0.3 is 6.03 Å². The summed E-state index contributed by atoms with van der Waals surface area (Å²) in [6.07, 6.45) is 0.891. The summed E-state index contributed by atoms with van der Waals surface area (Å²) in [6.45, 7) is 2.01. The third kappa shape index (κ3) is 4.43. The minimum Gasteiger partial charge on any atom is -0.371 e. The van der Waals surface area contributed by atoms with Gasteiger partial charge in [-0.3, -0.25) is 0 Å². The zero-order valence-electron chi connectivity index (χ0n) is 13.4. The van der Waals surface area contributed by atoms with Gasteiger partial charge in [-0.1, -0.05) is 0 Å². The van der Waals surface area contributed by atoms with Crippen LogP contribution >= 0.6 is 0 Å². The van der Waals surface area contributed by atoms with Crippen LogP contribution in [0.2, 0.25) is 0 Å². The molecule has 7 heteroatoms. The minimum atomic E-state index is -0.821. The molecule has 132 valence electrons. The fraction of sp³-hybridized carbons (Fsp3) is 0.278. The van der Waals surface area contributed by atoms with Gasteiger partial charge in [0.15, 0.2) is 0 Å². The second kappa shape index (κ2) is 7.46. The van der Waals surface area contributed by atoms with Crippen molar-refractivity contribution in [2.75, 3.05) is 29.9 Å². The fourth-order valence-corrected chi connectivity index (χ4v) is 2.88. The van der Waals surface area contributed by atoms with E-state index in [-0.39, 0.29) is 17.4 Å². The summed E-state index contributed by atoms with van der Waals surface area (Å²) >= 11 is 0. The van der Waals surface area contributed by atoms with Crippen molar-refractivity contribution in [3.8, 4) is 0 Å². The third-order valence-corrected chi connectivity index (χ3v) is 4.21. The van der Waals surface area contributed by atoms with E-state index in [1.807, 2.05) is 0 Å². The Kier molecular flexibility index (Phi) is 5.11. The third-order valence-electron chi connectivity index (χ3n) is 4.21. The van der Waals surface area contributed by atoms with Crippen LogP contribution in [0, 0.1) is 23.4 Å². The number of benzene rings is 2. The first kappa shape index (κ1) is 17.1. The Morgan fingerprint density at radius 1 is 1.08 bits per heavy atom. The van der Waals surface area contributed by atoms with Crippen LogP contribution in [0.3, 0.4) is 0 Å². The number of carbonyl (C=O) groups excluding carboxylic acids is 1. The molecule has 3 rings (SSSR count). The smallest absolute Gasteiger partial charge is 0.319 e. The fourth-order valence-electron chi connectivity index (χ4n) is 2.88. The van der Waals surface area contributed by atoms with Gasteiger partial charge < -0.3 is 15.5 Å². The van der Waals surface area contributed by atoms with Gasteiger partial charge in [-0.05, 0) is 48.7 Å². The predicted octanol–water partition coefficient (Wildman–Crippen LogP) is 3.75. The number of halogens is 3. The molecule has 1 saturated heterocycles. The molecule has 1 fully saturated rings. The molecule has 1 atom stereocenters. The van der Waals surface area contributed by atoms with Crippen LogP contribution in [0.25, 0.3) is 0 Å². The van der Waals surface area contributed by atoms with Gasteiger partial charge in [0, 0.05) is 31.4 Å². The molecule has 0 radical (unpaired) electrons. The molecule has 2 aromatic rings. The van der Waals surface area contributed by atoms with Gasteiger partial charge in [0.25, 0.3) is 0 Å². The largest absolute Gasteiger partial charge is 0.371 e. The molecule has 2 aromatic carbocycles. The topological polar surface area (TPSA) is 44.4 Å². The highest BCUT2D eigenvalue weighted by Gasteiger charge is 2.23. The van der Waals surface area contributed by atoms with Crippen LogP contribution in [0.1, 0.15) is 6.42 Å².